The molecule has 0 spiro atoms. The Bertz CT molecular complexity index is 268. The SMILES string of the molecule is C=C1OC(CCOC=O)C(=O)C1=O. The Morgan fingerprint density at radius 3 is 2.69 bits per heavy atom. The molecule has 13 heavy (non-hydrogen) atoms. The van der Waals surface area contributed by atoms with Crippen LogP contribution >= 0.6 is 0 Å². The van der Waals surface area contributed by atoms with Crippen molar-refractivity contribution in [2.75, 3.05) is 6.61 Å². The predicted molar refractivity (Wildman–Crippen MR) is 40.7 cm³/mol. The van der Waals surface area contributed by atoms with Crippen LogP contribution in [0.3, 0.4) is 0 Å². The summed E-state index contributed by atoms with van der Waals surface area (Å²) in [6.07, 6.45) is -0.651. The third-order valence-electron chi connectivity index (χ3n) is 1.62. The molecular weight excluding hydrogens is 176 g/mol. The monoisotopic (exact) mass is 184 g/mol. The molecule has 5 nitrogen and oxygen atoms in total. The minimum Gasteiger partial charge on any atom is -0.478 e. The maximum Gasteiger partial charge on any atom is 0.293 e. The van der Waals surface area contributed by atoms with Gasteiger partial charge in [0.05, 0.1) is 6.61 Å². The second-order valence-electron chi connectivity index (χ2n) is 2.48. The molecule has 0 radical (unpaired) electrons. The number of ether oxygens (including phenoxy) is 2. The predicted octanol–water partition coefficient (Wildman–Crippen LogP) is -0.400. The summed E-state index contributed by atoms with van der Waals surface area (Å²) in [5, 5.41) is 0. The number of hydrogen-bond acceptors (Lipinski definition) is 5. The number of hydrogen-bond donors (Lipinski definition) is 0. The van der Waals surface area contributed by atoms with Gasteiger partial charge in [0.25, 0.3) is 12.3 Å². The zero-order chi connectivity index (χ0) is 9.84. The molecule has 0 aliphatic carbocycles. The van der Waals surface area contributed by atoms with Gasteiger partial charge in [-0.15, -0.1) is 0 Å². The van der Waals surface area contributed by atoms with Crippen molar-refractivity contribution in [3.63, 3.8) is 0 Å². The molecule has 0 aromatic carbocycles. The van der Waals surface area contributed by atoms with E-state index in [1.54, 1.807) is 0 Å². The molecule has 0 amide bonds. The summed E-state index contributed by atoms with van der Waals surface area (Å²) in [4.78, 5) is 31.7. The average Bonchev–Trinajstić information content (AvgIpc) is 2.34. The minimum atomic E-state index is -0.833. The van der Waals surface area contributed by atoms with Gasteiger partial charge in [0.15, 0.2) is 11.9 Å². The van der Waals surface area contributed by atoms with Crippen LogP contribution in [0.25, 0.3) is 0 Å². The smallest absolute Gasteiger partial charge is 0.293 e. The lowest BCUT2D eigenvalue weighted by Crippen LogP contribution is -2.21. The van der Waals surface area contributed by atoms with Gasteiger partial charge >= 0.3 is 0 Å². The van der Waals surface area contributed by atoms with Crippen LogP contribution in [0.4, 0.5) is 0 Å². The Morgan fingerprint density at radius 1 is 1.54 bits per heavy atom. The zero-order valence-corrected chi connectivity index (χ0v) is 6.82. The van der Waals surface area contributed by atoms with Gasteiger partial charge in [0.1, 0.15) is 0 Å². The molecule has 0 aromatic rings. The zero-order valence-electron chi connectivity index (χ0n) is 6.82. The Balaban J connectivity index is 2.44. The molecule has 0 N–H and O–H groups in total. The van der Waals surface area contributed by atoms with Gasteiger partial charge in [0, 0.05) is 6.42 Å². The fourth-order valence-electron chi connectivity index (χ4n) is 0.976. The van der Waals surface area contributed by atoms with E-state index in [2.05, 4.69) is 11.3 Å². The highest BCUT2D eigenvalue weighted by atomic mass is 16.5. The van der Waals surface area contributed by atoms with Gasteiger partial charge in [-0.3, -0.25) is 14.4 Å². The molecule has 1 saturated heterocycles. The lowest BCUT2D eigenvalue weighted by Gasteiger charge is -2.05. The van der Waals surface area contributed by atoms with Crippen molar-refractivity contribution in [1.82, 2.24) is 0 Å². The summed E-state index contributed by atoms with van der Waals surface area (Å²) in [6.45, 7) is 3.59. The van der Waals surface area contributed by atoms with E-state index >= 15 is 0 Å². The van der Waals surface area contributed by atoms with E-state index in [0.717, 1.165) is 0 Å². The molecule has 0 aromatic heterocycles. The number of Topliss-reactive ketones (excluding diaryl/α,β-unsaturated/α-hetero) is 2. The van der Waals surface area contributed by atoms with Crippen LogP contribution in [0.15, 0.2) is 12.3 Å². The average molecular weight is 184 g/mol. The van der Waals surface area contributed by atoms with E-state index in [1.165, 1.54) is 0 Å². The third kappa shape index (κ3) is 1.93. The fraction of sp³-hybridized carbons (Fsp3) is 0.375. The van der Waals surface area contributed by atoms with Gasteiger partial charge in [-0.2, -0.15) is 0 Å². The van der Waals surface area contributed by atoms with E-state index in [1.807, 2.05) is 0 Å². The number of rotatable bonds is 4. The molecule has 70 valence electrons. The van der Waals surface area contributed by atoms with E-state index in [9.17, 15) is 14.4 Å². The van der Waals surface area contributed by atoms with E-state index < -0.39 is 17.7 Å². The number of carbonyl (C=O) groups excluding carboxylic acids is 3. The van der Waals surface area contributed by atoms with Crippen LogP contribution in [-0.4, -0.2) is 30.7 Å². The van der Waals surface area contributed by atoms with Crippen LogP contribution in [-0.2, 0) is 23.9 Å². The van der Waals surface area contributed by atoms with E-state index in [0.29, 0.717) is 0 Å². The van der Waals surface area contributed by atoms with Gasteiger partial charge < -0.3 is 9.47 Å². The Labute approximate surface area is 74.3 Å². The molecule has 1 heterocycles. The first-order chi connectivity index (χ1) is 6.16. The molecule has 1 unspecified atom stereocenters. The van der Waals surface area contributed by atoms with Crippen molar-refractivity contribution >= 4 is 18.0 Å². The highest BCUT2D eigenvalue weighted by Crippen LogP contribution is 2.17. The Morgan fingerprint density at radius 2 is 2.23 bits per heavy atom. The maximum atomic E-state index is 11.0. The standard InChI is InChI=1S/C8H8O5/c1-5-7(10)8(11)6(13-5)2-3-12-4-9/h4,6H,1-3H2. The molecular formula is C8H8O5. The van der Waals surface area contributed by atoms with Crippen LogP contribution in [0.2, 0.25) is 0 Å². The van der Waals surface area contributed by atoms with Crippen LogP contribution in [0, 0.1) is 0 Å². The van der Waals surface area contributed by atoms with Gasteiger partial charge in [-0.05, 0) is 0 Å². The van der Waals surface area contributed by atoms with Crippen LogP contribution < -0.4 is 0 Å². The number of allylic oxidation sites excluding steroid dienone is 1. The summed E-state index contributed by atoms with van der Waals surface area (Å²) in [5.41, 5.74) is 0. The van der Waals surface area contributed by atoms with Crippen molar-refractivity contribution in [3.8, 4) is 0 Å². The molecule has 1 aliphatic rings. The minimum absolute atomic E-state index is 0.0560. The molecule has 0 bridgehead atoms. The summed E-state index contributed by atoms with van der Waals surface area (Å²) < 4.78 is 9.20. The normalized spacial score (nSPS) is 21.5. The van der Waals surface area contributed by atoms with Gasteiger partial charge in [-0.1, -0.05) is 6.58 Å². The Hall–Kier alpha value is -1.65. The lowest BCUT2D eigenvalue weighted by atomic mass is 10.1. The highest BCUT2D eigenvalue weighted by molar-refractivity contribution is 6.46. The first kappa shape index (κ1) is 9.44. The van der Waals surface area contributed by atoms with Crippen molar-refractivity contribution in [3.05, 3.63) is 12.3 Å². The summed E-state index contributed by atoms with van der Waals surface area (Å²) >= 11 is 0. The molecule has 1 atom stereocenters. The van der Waals surface area contributed by atoms with E-state index in [-0.39, 0.29) is 25.3 Å². The van der Waals surface area contributed by atoms with Crippen molar-refractivity contribution < 1.29 is 23.9 Å². The van der Waals surface area contributed by atoms with Crippen LogP contribution in [0.5, 0.6) is 0 Å². The van der Waals surface area contributed by atoms with Crippen molar-refractivity contribution in [2.24, 2.45) is 0 Å². The first-order valence-corrected chi connectivity index (χ1v) is 3.66. The molecule has 1 rings (SSSR count). The Kier molecular flexibility index (Phi) is 2.79. The lowest BCUT2D eigenvalue weighted by molar-refractivity contribution is -0.135. The van der Waals surface area contributed by atoms with E-state index in [4.69, 9.17) is 4.74 Å². The quantitative estimate of drug-likeness (QED) is 0.257. The molecule has 0 saturated carbocycles. The van der Waals surface area contributed by atoms with Crippen LogP contribution in [0.1, 0.15) is 6.42 Å². The summed E-state index contributed by atoms with van der Waals surface area (Å²) in [6, 6.07) is 0. The number of ketones is 2. The molecule has 5 heteroatoms. The summed E-state index contributed by atoms with van der Waals surface area (Å²) in [5.74, 6) is -1.46. The maximum absolute atomic E-state index is 11.0. The van der Waals surface area contributed by atoms with Crippen molar-refractivity contribution in [1.29, 1.82) is 0 Å². The van der Waals surface area contributed by atoms with Gasteiger partial charge in [0.2, 0.25) is 5.78 Å². The molecule has 1 aliphatic heterocycles. The fourth-order valence-corrected chi connectivity index (χ4v) is 0.976. The molecule has 1 fully saturated rings. The second-order valence-corrected chi connectivity index (χ2v) is 2.48. The first-order valence-electron chi connectivity index (χ1n) is 3.66. The third-order valence-corrected chi connectivity index (χ3v) is 1.62. The van der Waals surface area contributed by atoms with Crippen molar-refractivity contribution in [2.45, 2.75) is 12.5 Å². The highest BCUT2D eigenvalue weighted by Gasteiger charge is 2.37. The topological polar surface area (TPSA) is 69.7 Å². The second kappa shape index (κ2) is 3.84. The van der Waals surface area contributed by atoms with Gasteiger partial charge in [-0.25, -0.2) is 0 Å². The summed E-state index contributed by atoms with van der Waals surface area (Å²) in [7, 11) is 0. The largest absolute Gasteiger partial charge is 0.478 e. The number of carbonyl (C=O) groups is 3.